The Bertz CT molecular complexity index is 782. The Morgan fingerprint density at radius 3 is 2.68 bits per heavy atom. The molecule has 0 radical (unpaired) electrons. The molecule has 0 saturated carbocycles. The minimum Gasteiger partial charge on any atom is -0.493 e. The van der Waals surface area contributed by atoms with Crippen LogP contribution >= 0.6 is 0 Å². The topological polar surface area (TPSA) is 88.8 Å². The quantitative estimate of drug-likeness (QED) is 0.711. The van der Waals surface area contributed by atoms with Crippen LogP contribution in [0.1, 0.15) is 31.6 Å². The summed E-state index contributed by atoms with van der Waals surface area (Å²) in [6, 6.07) is 8.18. The summed E-state index contributed by atoms with van der Waals surface area (Å²) >= 11 is 0. The largest absolute Gasteiger partial charge is 0.493 e. The van der Waals surface area contributed by atoms with Gasteiger partial charge in [-0.15, -0.1) is 0 Å². The van der Waals surface area contributed by atoms with E-state index in [4.69, 9.17) is 9.15 Å². The maximum atomic E-state index is 12.5. The summed E-state index contributed by atoms with van der Waals surface area (Å²) in [6.07, 6.45) is 2.61. The van der Waals surface area contributed by atoms with Crippen LogP contribution in [0.15, 0.2) is 45.9 Å². The lowest BCUT2D eigenvalue weighted by Gasteiger charge is -2.22. The van der Waals surface area contributed by atoms with Gasteiger partial charge in [0.15, 0.2) is 0 Å². The van der Waals surface area contributed by atoms with E-state index < -0.39 is 15.6 Å². The van der Waals surface area contributed by atoms with Crippen molar-refractivity contribution in [1.82, 2.24) is 4.72 Å². The Kier molecular flexibility index (Phi) is 6.26. The lowest BCUT2D eigenvalue weighted by atomic mass is 10.0. The Morgan fingerprint density at radius 1 is 1.32 bits per heavy atom. The van der Waals surface area contributed by atoms with Gasteiger partial charge in [0.1, 0.15) is 11.5 Å². The van der Waals surface area contributed by atoms with Gasteiger partial charge in [-0.1, -0.05) is 6.92 Å². The lowest BCUT2D eigenvalue weighted by molar-refractivity contribution is 0.0603. The second kappa shape index (κ2) is 8.03. The molecule has 1 aromatic heterocycles. The highest BCUT2D eigenvalue weighted by Crippen LogP contribution is 2.22. The molecule has 0 amide bonds. The van der Waals surface area contributed by atoms with Crippen LogP contribution in [0.25, 0.3) is 0 Å². The van der Waals surface area contributed by atoms with Crippen LogP contribution in [0.3, 0.4) is 0 Å². The maximum Gasteiger partial charge on any atom is 0.240 e. The van der Waals surface area contributed by atoms with Gasteiger partial charge in [-0.25, -0.2) is 13.1 Å². The van der Waals surface area contributed by atoms with Crippen LogP contribution < -0.4 is 9.46 Å². The van der Waals surface area contributed by atoms with Gasteiger partial charge in [0.2, 0.25) is 10.0 Å². The van der Waals surface area contributed by atoms with Crippen LogP contribution in [-0.2, 0) is 16.4 Å². The van der Waals surface area contributed by atoms with Crippen molar-refractivity contribution in [2.75, 3.05) is 13.2 Å². The monoisotopic (exact) mass is 367 g/mol. The summed E-state index contributed by atoms with van der Waals surface area (Å²) < 4.78 is 38.2. The SMILES string of the molecule is CCCOc1ccc(S(=O)(=O)NCC(C)(O)Cc2ccco2)cc1C. The van der Waals surface area contributed by atoms with Gasteiger partial charge in [-0.05, 0) is 56.2 Å². The fourth-order valence-electron chi connectivity index (χ4n) is 2.35. The fourth-order valence-corrected chi connectivity index (χ4v) is 3.59. The van der Waals surface area contributed by atoms with E-state index in [0.29, 0.717) is 18.1 Å². The van der Waals surface area contributed by atoms with Crippen molar-refractivity contribution in [3.8, 4) is 5.75 Å². The van der Waals surface area contributed by atoms with Crippen LogP contribution in [0.2, 0.25) is 0 Å². The van der Waals surface area contributed by atoms with E-state index in [0.717, 1.165) is 12.0 Å². The average Bonchev–Trinajstić information content (AvgIpc) is 3.04. The Labute approximate surface area is 148 Å². The number of nitrogens with one attached hydrogen (secondary N) is 1. The van der Waals surface area contributed by atoms with Crippen molar-refractivity contribution < 1.29 is 22.7 Å². The zero-order valence-corrected chi connectivity index (χ0v) is 15.6. The molecule has 2 rings (SSSR count). The van der Waals surface area contributed by atoms with E-state index in [9.17, 15) is 13.5 Å². The van der Waals surface area contributed by atoms with E-state index in [1.807, 2.05) is 6.92 Å². The number of benzene rings is 1. The van der Waals surface area contributed by atoms with Gasteiger partial charge in [-0.3, -0.25) is 0 Å². The highest BCUT2D eigenvalue weighted by atomic mass is 32.2. The number of hydrogen-bond donors (Lipinski definition) is 2. The summed E-state index contributed by atoms with van der Waals surface area (Å²) in [7, 11) is -3.73. The van der Waals surface area contributed by atoms with Gasteiger partial charge < -0.3 is 14.3 Å². The van der Waals surface area contributed by atoms with Crippen LogP contribution in [0, 0.1) is 6.92 Å². The fraction of sp³-hybridized carbons (Fsp3) is 0.444. The Balaban J connectivity index is 2.04. The van der Waals surface area contributed by atoms with Crippen molar-refractivity contribution in [3.05, 3.63) is 47.9 Å². The molecule has 0 saturated heterocycles. The van der Waals surface area contributed by atoms with E-state index >= 15 is 0 Å². The van der Waals surface area contributed by atoms with Crippen molar-refractivity contribution in [2.45, 2.75) is 44.1 Å². The number of aryl methyl sites for hydroxylation is 1. The maximum absolute atomic E-state index is 12.5. The molecule has 6 nitrogen and oxygen atoms in total. The molecule has 0 aliphatic heterocycles. The number of ether oxygens (including phenoxy) is 1. The zero-order valence-electron chi connectivity index (χ0n) is 14.8. The van der Waals surface area contributed by atoms with Crippen molar-refractivity contribution in [2.24, 2.45) is 0 Å². The molecule has 25 heavy (non-hydrogen) atoms. The highest BCUT2D eigenvalue weighted by molar-refractivity contribution is 7.89. The minimum absolute atomic E-state index is 0.122. The average molecular weight is 367 g/mol. The van der Waals surface area contributed by atoms with Gasteiger partial charge in [-0.2, -0.15) is 0 Å². The molecule has 2 aromatic rings. The number of hydrogen-bond acceptors (Lipinski definition) is 5. The van der Waals surface area contributed by atoms with Gasteiger partial charge in [0.25, 0.3) is 0 Å². The second-order valence-corrected chi connectivity index (χ2v) is 8.12. The van der Waals surface area contributed by atoms with Crippen LogP contribution in [-0.4, -0.2) is 32.3 Å². The summed E-state index contributed by atoms with van der Waals surface area (Å²) in [4.78, 5) is 0.141. The molecular weight excluding hydrogens is 342 g/mol. The number of aliphatic hydroxyl groups is 1. The zero-order chi connectivity index (χ0) is 18.5. The van der Waals surface area contributed by atoms with Gasteiger partial charge in [0.05, 0.1) is 23.4 Å². The Hall–Kier alpha value is -1.83. The summed E-state index contributed by atoms with van der Waals surface area (Å²) in [5.74, 6) is 1.27. The number of furan rings is 1. The first-order chi connectivity index (χ1) is 11.7. The predicted molar refractivity (Wildman–Crippen MR) is 95.2 cm³/mol. The lowest BCUT2D eigenvalue weighted by Crippen LogP contribution is -2.42. The molecule has 0 spiro atoms. The first kappa shape index (κ1) is 19.5. The molecule has 0 aliphatic rings. The first-order valence-electron chi connectivity index (χ1n) is 8.21. The third kappa shape index (κ3) is 5.59. The van der Waals surface area contributed by atoms with Gasteiger partial charge >= 0.3 is 0 Å². The molecule has 7 heteroatoms. The number of sulfonamides is 1. The highest BCUT2D eigenvalue weighted by Gasteiger charge is 2.26. The van der Waals surface area contributed by atoms with Gasteiger partial charge in [0, 0.05) is 13.0 Å². The van der Waals surface area contributed by atoms with E-state index in [2.05, 4.69) is 4.72 Å². The third-order valence-electron chi connectivity index (χ3n) is 3.70. The molecule has 0 fully saturated rings. The summed E-state index contributed by atoms with van der Waals surface area (Å²) in [5, 5.41) is 10.4. The molecule has 138 valence electrons. The molecule has 1 unspecified atom stereocenters. The molecular formula is C18H25NO5S. The minimum atomic E-state index is -3.73. The molecule has 1 aromatic carbocycles. The molecule has 0 bridgehead atoms. The summed E-state index contributed by atoms with van der Waals surface area (Å²) in [5.41, 5.74) is -0.511. The normalized spacial score (nSPS) is 14.2. The first-order valence-corrected chi connectivity index (χ1v) is 9.70. The van der Waals surface area contributed by atoms with E-state index in [-0.39, 0.29) is 17.9 Å². The molecule has 1 heterocycles. The van der Waals surface area contributed by atoms with Crippen molar-refractivity contribution >= 4 is 10.0 Å². The second-order valence-electron chi connectivity index (χ2n) is 6.35. The smallest absolute Gasteiger partial charge is 0.240 e. The standard InChI is InChI=1S/C18H25NO5S/c1-4-9-24-17-8-7-16(11-14(17)2)25(21,22)19-13-18(3,20)12-15-6-5-10-23-15/h5-8,10-11,19-20H,4,9,12-13H2,1-3H3. The van der Waals surface area contributed by atoms with E-state index in [1.54, 1.807) is 38.1 Å². The molecule has 2 N–H and O–H groups in total. The Morgan fingerprint density at radius 2 is 2.08 bits per heavy atom. The molecule has 0 aliphatic carbocycles. The van der Waals surface area contributed by atoms with E-state index in [1.165, 1.54) is 12.3 Å². The van der Waals surface area contributed by atoms with Crippen LogP contribution in [0.4, 0.5) is 0 Å². The van der Waals surface area contributed by atoms with Crippen molar-refractivity contribution in [1.29, 1.82) is 0 Å². The third-order valence-corrected chi connectivity index (χ3v) is 5.10. The van der Waals surface area contributed by atoms with Crippen LogP contribution in [0.5, 0.6) is 5.75 Å². The number of rotatable bonds is 9. The predicted octanol–water partition coefficient (Wildman–Crippen LogP) is 2.65. The van der Waals surface area contributed by atoms with Crippen molar-refractivity contribution in [3.63, 3.8) is 0 Å². The molecule has 1 atom stereocenters. The summed E-state index contributed by atoms with van der Waals surface area (Å²) in [6.45, 7) is 5.83.